The van der Waals surface area contributed by atoms with Crippen molar-refractivity contribution in [2.75, 3.05) is 13.2 Å². The Labute approximate surface area is 98.3 Å². The molecule has 0 radical (unpaired) electrons. The highest BCUT2D eigenvalue weighted by Crippen LogP contribution is 2.47. The summed E-state index contributed by atoms with van der Waals surface area (Å²) >= 11 is 5.61. The van der Waals surface area contributed by atoms with E-state index in [9.17, 15) is 8.96 Å². The van der Waals surface area contributed by atoms with Crippen LogP contribution in [-0.4, -0.2) is 18.2 Å². The van der Waals surface area contributed by atoms with Crippen LogP contribution < -0.4 is 5.30 Å². The predicted octanol–water partition coefficient (Wildman–Crippen LogP) is 2.77. The van der Waals surface area contributed by atoms with E-state index >= 15 is 0 Å². The standard InChI is InChI=1S/C9H12ClFNO3P/c1-3-14-16(13,15-4-2)8-5-9(10)12-6-7(8)11/h5-6H,3-4H2,1-2H3. The smallest absolute Gasteiger partial charge is 0.305 e. The summed E-state index contributed by atoms with van der Waals surface area (Å²) in [4.78, 5) is 3.53. The average molecular weight is 268 g/mol. The fourth-order valence-corrected chi connectivity index (χ4v) is 3.00. The molecule has 7 heteroatoms. The molecule has 4 nitrogen and oxygen atoms in total. The molecular weight excluding hydrogens is 256 g/mol. The van der Waals surface area contributed by atoms with Crippen molar-refractivity contribution < 1.29 is 18.0 Å². The van der Waals surface area contributed by atoms with Crippen LogP contribution in [-0.2, 0) is 13.6 Å². The van der Waals surface area contributed by atoms with Gasteiger partial charge in [-0.3, -0.25) is 4.57 Å². The maximum atomic E-state index is 13.5. The Morgan fingerprint density at radius 2 is 2.00 bits per heavy atom. The van der Waals surface area contributed by atoms with Crippen LogP contribution >= 0.6 is 19.2 Å². The number of hydrogen-bond donors (Lipinski definition) is 0. The van der Waals surface area contributed by atoms with Crippen LogP contribution in [0.3, 0.4) is 0 Å². The van der Waals surface area contributed by atoms with Gasteiger partial charge in [0.2, 0.25) is 0 Å². The number of aromatic nitrogens is 1. The van der Waals surface area contributed by atoms with Crippen LogP contribution in [0, 0.1) is 5.82 Å². The third-order valence-corrected chi connectivity index (χ3v) is 4.03. The van der Waals surface area contributed by atoms with Gasteiger partial charge in [0.25, 0.3) is 0 Å². The molecule has 0 atom stereocenters. The first kappa shape index (κ1) is 13.6. The van der Waals surface area contributed by atoms with Gasteiger partial charge < -0.3 is 9.05 Å². The second-order valence-electron chi connectivity index (χ2n) is 2.79. The largest absolute Gasteiger partial charge is 0.364 e. The Morgan fingerprint density at radius 3 is 2.50 bits per heavy atom. The topological polar surface area (TPSA) is 48.4 Å². The zero-order valence-corrected chi connectivity index (χ0v) is 10.6. The highest BCUT2D eigenvalue weighted by molar-refractivity contribution is 7.62. The lowest BCUT2D eigenvalue weighted by atomic mass is 10.5. The summed E-state index contributed by atoms with van der Waals surface area (Å²) in [6.45, 7) is 3.59. The van der Waals surface area contributed by atoms with Crippen molar-refractivity contribution in [1.29, 1.82) is 0 Å². The molecular formula is C9H12ClFNO3P. The monoisotopic (exact) mass is 267 g/mol. The van der Waals surface area contributed by atoms with Crippen molar-refractivity contribution in [3.8, 4) is 0 Å². The molecule has 90 valence electrons. The summed E-state index contributed by atoms with van der Waals surface area (Å²) in [7, 11) is -3.64. The molecule has 0 fully saturated rings. The van der Waals surface area contributed by atoms with Crippen LogP contribution in [0.15, 0.2) is 12.3 Å². The maximum Gasteiger partial charge on any atom is 0.364 e. The number of pyridine rings is 1. The second-order valence-corrected chi connectivity index (χ2v) is 5.17. The Bertz CT molecular complexity index is 406. The average Bonchev–Trinajstić information content (AvgIpc) is 2.22. The number of rotatable bonds is 5. The van der Waals surface area contributed by atoms with Crippen LogP contribution in [0.2, 0.25) is 5.15 Å². The van der Waals surface area contributed by atoms with Gasteiger partial charge >= 0.3 is 7.60 Å². The van der Waals surface area contributed by atoms with Crippen molar-refractivity contribution in [3.63, 3.8) is 0 Å². The minimum absolute atomic E-state index is 0.0380. The Balaban J connectivity index is 3.20. The fourth-order valence-electron chi connectivity index (χ4n) is 1.13. The van der Waals surface area contributed by atoms with Crippen molar-refractivity contribution in [3.05, 3.63) is 23.2 Å². The quantitative estimate of drug-likeness (QED) is 0.608. The van der Waals surface area contributed by atoms with Crippen molar-refractivity contribution >= 4 is 24.5 Å². The van der Waals surface area contributed by atoms with Crippen LogP contribution in [0.1, 0.15) is 13.8 Å². The molecule has 0 aliphatic carbocycles. The molecule has 0 saturated heterocycles. The van der Waals surface area contributed by atoms with Gasteiger partial charge in [0.1, 0.15) is 10.5 Å². The summed E-state index contributed by atoms with van der Waals surface area (Å²) in [5.41, 5.74) is 0. The lowest BCUT2D eigenvalue weighted by molar-refractivity contribution is 0.229. The molecule has 0 unspecified atom stereocenters. The van der Waals surface area contributed by atoms with E-state index in [1.807, 2.05) is 0 Å². The Kier molecular flexibility index (Phi) is 4.87. The van der Waals surface area contributed by atoms with Crippen molar-refractivity contribution in [2.24, 2.45) is 0 Å². The Morgan fingerprint density at radius 1 is 1.44 bits per heavy atom. The lowest BCUT2D eigenvalue weighted by Crippen LogP contribution is -2.15. The third kappa shape index (κ3) is 3.01. The molecule has 0 saturated carbocycles. The van der Waals surface area contributed by atoms with Gasteiger partial charge in [-0.2, -0.15) is 0 Å². The first-order chi connectivity index (χ1) is 7.53. The molecule has 1 heterocycles. The maximum absolute atomic E-state index is 13.5. The van der Waals surface area contributed by atoms with E-state index in [1.54, 1.807) is 13.8 Å². The number of nitrogens with zero attached hydrogens (tertiary/aromatic N) is 1. The van der Waals surface area contributed by atoms with Crippen LogP contribution in [0.25, 0.3) is 0 Å². The van der Waals surface area contributed by atoms with Crippen molar-refractivity contribution in [1.82, 2.24) is 4.98 Å². The lowest BCUT2D eigenvalue weighted by Gasteiger charge is -2.17. The molecule has 0 bridgehead atoms. The minimum Gasteiger partial charge on any atom is -0.305 e. The molecule has 1 aromatic rings. The van der Waals surface area contributed by atoms with Gasteiger partial charge in [0, 0.05) is 0 Å². The summed E-state index contributed by atoms with van der Waals surface area (Å²) < 4.78 is 35.7. The van der Waals surface area contributed by atoms with E-state index in [1.165, 1.54) is 0 Å². The first-order valence-corrected chi connectivity index (χ1v) is 6.66. The van der Waals surface area contributed by atoms with Gasteiger partial charge in [-0.25, -0.2) is 9.37 Å². The van der Waals surface area contributed by atoms with E-state index in [2.05, 4.69) is 4.98 Å². The van der Waals surface area contributed by atoms with Gasteiger partial charge in [0.05, 0.1) is 19.4 Å². The normalized spacial score (nSPS) is 11.8. The molecule has 1 rings (SSSR count). The van der Waals surface area contributed by atoms with Gasteiger partial charge in [-0.1, -0.05) is 11.6 Å². The summed E-state index contributed by atoms with van der Waals surface area (Å²) in [6.07, 6.45) is 0.891. The number of halogens is 2. The Hall–Kier alpha value is -0.480. The van der Waals surface area contributed by atoms with E-state index in [4.69, 9.17) is 20.6 Å². The second kappa shape index (κ2) is 5.73. The molecule has 0 aromatic carbocycles. The molecule has 0 amide bonds. The fraction of sp³-hybridized carbons (Fsp3) is 0.444. The highest BCUT2D eigenvalue weighted by Gasteiger charge is 2.30. The first-order valence-electron chi connectivity index (χ1n) is 4.74. The minimum atomic E-state index is -3.64. The zero-order chi connectivity index (χ0) is 12.2. The summed E-state index contributed by atoms with van der Waals surface area (Å²) in [6, 6.07) is 1.16. The molecule has 1 aromatic heterocycles. The van der Waals surface area contributed by atoms with E-state index < -0.39 is 13.4 Å². The molecule has 0 N–H and O–H groups in total. The van der Waals surface area contributed by atoms with E-state index in [0.717, 1.165) is 12.3 Å². The number of hydrogen-bond acceptors (Lipinski definition) is 4. The predicted molar refractivity (Wildman–Crippen MR) is 59.7 cm³/mol. The molecule has 0 aliphatic heterocycles. The van der Waals surface area contributed by atoms with Crippen molar-refractivity contribution in [2.45, 2.75) is 13.8 Å². The summed E-state index contributed by atoms with van der Waals surface area (Å²) in [5.74, 6) is -0.755. The molecule has 16 heavy (non-hydrogen) atoms. The van der Waals surface area contributed by atoms with E-state index in [-0.39, 0.29) is 23.7 Å². The summed E-state index contributed by atoms with van der Waals surface area (Å²) in [5, 5.41) is -0.146. The zero-order valence-electron chi connectivity index (χ0n) is 8.94. The molecule has 0 spiro atoms. The van der Waals surface area contributed by atoms with Gasteiger partial charge in [0.15, 0.2) is 5.82 Å². The highest BCUT2D eigenvalue weighted by atomic mass is 35.5. The van der Waals surface area contributed by atoms with E-state index in [0.29, 0.717) is 0 Å². The SMILES string of the molecule is CCOP(=O)(OCC)c1cc(Cl)ncc1F. The molecule has 0 aliphatic rings. The van der Waals surface area contributed by atoms with Crippen LogP contribution in [0.5, 0.6) is 0 Å². The third-order valence-electron chi connectivity index (χ3n) is 1.69. The van der Waals surface area contributed by atoms with Crippen LogP contribution in [0.4, 0.5) is 4.39 Å². The van der Waals surface area contributed by atoms with Gasteiger partial charge in [-0.15, -0.1) is 0 Å². The van der Waals surface area contributed by atoms with Gasteiger partial charge in [-0.05, 0) is 19.9 Å².